The second-order valence-corrected chi connectivity index (χ2v) is 7.51. The minimum atomic E-state index is -0.661. The molecule has 34 heavy (non-hydrogen) atoms. The number of amides is 1. The summed E-state index contributed by atoms with van der Waals surface area (Å²) < 4.78 is 15.7. The Balaban J connectivity index is 1.47. The average Bonchev–Trinajstić information content (AvgIpc) is 2.90. The first-order valence-electron chi connectivity index (χ1n) is 10.7. The lowest BCUT2D eigenvalue weighted by molar-refractivity contribution is -0.124. The van der Waals surface area contributed by atoms with E-state index in [4.69, 9.17) is 14.2 Å². The SMILES string of the molecule is COc1ccc(C(NC(=O)COC(=O)c2ccc3ccccc3n2)c2ccc(OC)cc2)cc1. The van der Waals surface area contributed by atoms with Gasteiger partial charge in [0.1, 0.15) is 17.2 Å². The number of benzene rings is 3. The number of carbonyl (C=O) groups is 2. The molecule has 172 valence electrons. The van der Waals surface area contributed by atoms with E-state index in [2.05, 4.69) is 10.3 Å². The van der Waals surface area contributed by atoms with Gasteiger partial charge in [-0.15, -0.1) is 0 Å². The molecule has 0 fully saturated rings. The summed E-state index contributed by atoms with van der Waals surface area (Å²) >= 11 is 0. The maximum Gasteiger partial charge on any atom is 0.357 e. The normalized spacial score (nSPS) is 10.7. The fourth-order valence-corrected chi connectivity index (χ4v) is 3.54. The second kappa shape index (κ2) is 10.5. The predicted molar refractivity (Wildman–Crippen MR) is 128 cm³/mol. The van der Waals surface area contributed by atoms with Gasteiger partial charge in [0.2, 0.25) is 0 Å². The molecule has 0 saturated carbocycles. The van der Waals surface area contributed by atoms with Gasteiger partial charge in [-0.25, -0.2) is 9.78 Å². The topological polar surface area (TPSA) is 86.8 Å². The fourth-order valence-electron chi connectivity index (χ4n) is 3.54. The van der Waals surface area contributed by atoms with Crippen molar-refractivity contribution in [3.05, 3.63) is 102 Å². The molecule has 7 nitrogen and oxygen atoms in total. The Labute approximate surface area is 197 Å². The molecule has 0 aliphatic heterocycles. The van der Waals surface area contributed by atoms with Crippen LogP contribution in [0.2, 0.25) is 0 Å². The summed E-state index contributed by atoms with van der Waals surface area (Å²) in [5, 5.41) is 3.86. The molecule has 0 aliphatic carbocycles. The number of nitrogens with one attached hydrogen (secondary N) is 1. The fraction of sp³-hybridized carbons (Fsp3) is 0.148. The third kappa shape index (κ3) is 5.32. The summed E-state index contributed by atoms with van der Waals surface area (Å²) in [4.78, 5) is 29.5. The summed E-state index contributed by atoms with van der Waals surface area (Å²) in [6, 6.07) is 25.2. The first-order chi connectivity index (χ1) is 16.6. The molecule has 7 heteroatoms. The second-order valence-electron chi connectivity index (χ2n) is 7.51. The molecule has 0 saturated heterocycles. The van der Waals surface area contributed by atoms with Gasteiger partial charge in [0.15, 0.2) is 6.61 Å². The van der Waals surface area contributed by atoms with Gasteiger partial charge in [-0.2, -0.15) is 0 Å². The number of esters is 1. The van der Waals surface area contributed by atoms with Crippen LogP contribution in [0.5, 0.6) is 11.5 Å². The summed E-state index contributed by atoms with van der Waals surface area (Å²) in [6.45, 7) is -0.434. The van der Waals surface area contributed by atoms with Crippen LogP contribution < -0.4 is 14.8 Å². The summed E-state index contributed by atoms with van der Waals surface area (Å²) in [5.41, 5.74) is 2.53. The number of rotatable bonds is 8. The average molecular weight is 456 g/mol. The molecule has 3 aromatic carbocycles. The van der Waals surface area contributed by atoms with Crippen molar-refractivity contribution in [3.63, 3.8) is 0 Å². The lowest BCUT2D eigenvalue weighted by atomic mass is 9.98. The number of hydrogen-bond donors (Lipinski definition) is 1. The molecule has 4 aromatic rings. The lowest BCUT2D eigenvalue weighted by Crippen LogP contribution is -2.33. The van der Waals surface area contributed by atoms with Crippen molar-refractivity contribution >= 4 is 22.8 Å². The number of methoxy groups -OCH3 is 2. The predicted octanol–water partition coefficient (Wildman–Crippen LogP) is 4.31. The third-order valence-electron chi connectivity index (χ3n) is 5.35. The zero-order valence-electron chi connectivity index (χ0n) is 18.9. The first-order valence-corrected chi connectivity index (χ1v) is 10.7. The van der Waals surface area contributed by atoms with Crippen LogP contribution in [-0.4, -0.2) is 37.7 Å². The smallest absolute Gasteiger partial charge is 0.357 e. The number of nitrogens with zero attached hydrogens (tertiary/aromatic N) is 1. The van der Waals surface area contributed by atoms with Crippen molar-refractivity contribution in [3.8, 4) is 11.5 Å². The van der Waals surface area contributed by atoms with Crippen LogP contribution in [0, 0.1) is 0 Å². The van der Waals surface area contributed by atoms with Crippen LogP contribution in [0.25, 0.3) is 10.9 Å². The Morgan fingerprint density at radius 2 is 1.38 bits per heavy atom. The van der Waals surface area contributed by atoms with E-state index in [-0.39, 0.29) is 5.69 Å². The van der Waals surface area contributed by atoms with E-state index in [1.54, 1.807) is 26.4 Å². The van der Waals surface area contributed by atoms with E-state index in [0.29, 0.717) is 17.0 Å². The van der Waals surface area contributed by atoms with E-state index < -0.39 is 24.5 Å². The van der Waals surface area contributed by atoms with Gasteiger partial charge in [0.05, 0.1) is 25.8 Å². The number of carbonyl (C=O) groups excluding carboxylic acids is 2. The molecule has 4 rings (SSSR count). The van der Waals surface area contributed by atoms with E-state index in [1.165, 1.54) is 0 Å². The zero-order valence-corrected chi connectivity index (χ0v) is 18.9. The van der Waals surface area contributed by atoms with Crippen LogP contribution in [0.3, 0.4) is 0 Å². The zero-order chi connectivity index (χ0) is 23.9. The van der Waals surface area contributed by atoms with Crippen molar-refractivity contribution in [1.29, 1.82) is 0 Å². The number of ether oxygens (including phenoxy) is 3. The van der Waals surface area contributed by atoms with E-state index in [0.717, 1.165) is 16.5 Å². The number of pyridine rings is 1. The van der Waals surface area contributed by atoms with Gasteiger partial charge < -0.3 is 19.5 Å². The molecule has 0 aliphatic rings. The summed E-state index contributed by atoms with van der Waals surface area (Å²) in [7, 11) is 3.19. The van der Waals surface area contributed by atoms with Crippen LogP contribution in [0.1, 0.15) is 27.7 Å². The Morgan fingerprint density at radius 3 is 1.97 bits per heavy atom. The van der Waals surface area contributed by atoms with Crippen LogP contribution in [0.4, 0.5) is 0 Å². The molecular weight excluding hydrogens is 432 g/mol. The minimum Gasteiger partial charge on any atom is -0.497 e. The number of fused-ring (bicyclic) bond motifs is 1. The van der Waals surface area contributed by atoms with Crippen LogP contribution >= 0.6 is 0 Å². The van der Waals surface area contributed by atoms with Crippen LogP contribution in [0.15, 0.2) is 84.9 Å². The highest BCUT2D eigenvalue weighted by molar-refractivity contribution is 5.92. The molecule has 1 heterocycles. The Kier molecular flexibility index (Phi) is 7.03. The summed E-state index contributed by atoms with van der Waals surface area (Å²) in [5.74, 6) is 0.317. The monoisotopic (exact) mass is 456 g/mol. The van der Waals surface area contributed by atoms with Gasteiger partial charge in [0, 0.05) is 5.39 Å². The highest BCUT2D eigenvalue weighted by Gasteiger charge is 2.19. The van der Waals surface area contributed by atoms with Crippen molar-refractivity contribution in [1.82, 2.24) is 10.3 Å². The lowest BCUT2D eigenvalue weighted by Gasteiger charge is -2.20. The van der Waals surface area contributed by atoms with Gasteiger partial charge in [0.25, 0.3) is 5.91 Å². The van der Waals surface area contributed by atoms with E-state index in [9.17, 15) is 9.59 Å². The number of aromatic nitrogens is 1. The van der Waals surface area contributed by atoms with Crippen molar-refractivity contribution < 1.29 is 23.8 Å². The van der Waals surface area contributed by atoms with Gasteiger partial charge >= 0.3 is 5.97 Å². The molecule has 0 radical (unpaired) electrons. The van der Waals surface area contributed by atoms with E-state index >= 15 is 0 Å². The highest BCUT2D eigenvalue weighted by Crippen LogP contribution is 2.26. The number of hydrogen-bond acceptors (Lipinski definition) is 6. The first kappa shape index (κ1) is 22.8. The largest absolute Gasteiger partial charge is 0.497 e. The van der Waals surface area contributed by atoms with Crippen molar-refractivity contribution in [2.45, 2.75) is 6.04 Å². The third-order valence-corrected chi connectivity index (χ3v) is 5.35. The van der Waals surface area contributed by atoms with Crippen molar-refractivity contribution in [2.24, 2.45) is 0 Å². The molecule has 1 N–H and O–H groups in total. The Morgan fingerprint density at radius 1 is 0.794 bits per heavy atom. The maximum absolute atomic E-state index is 12.7. The Hall–Kier alpha value is -4.39. The molecular formula is C27H24N2O5. The van der Waals surface area contributed by atoms with Gasteiger partial charge in [-0.1, -0.05) is 48.5 Å². The quantitative estimate of drug-likeness (QED) is 0.398. The standard InChI is InChI=1S/C27H24N2O5/c1-32-21-12-7-19(8-13-21)26(20-9-14-22(33-2)15-10-20)29-25(30)17-34-27(31)24-16-11-18-5-3-4-6-23(18)28-24/h3-16,26H,17H2,1-2H3,(H,29,30). The maximum atomic E-state index is 12.7. The molecule has 0 atom stereocenters. The number of para-hydroxylation sites is 1. The van der Waals surface area contributed by atoms with Gasteiger partial charge in [-0.05, 0) is 47.5 Å². The molecule has 1 amide bonds. The Bertz CT molecular complexity index is 1240. The minimum absolute atomic E-state index is 0.147. The van der Waals surface area contributed by atoms with Crippen LogP contribution in [-0.2, 0) is 9.53 Å². The molecule has 1 aromatic heterocycles. The van der Waals surface area contributed by atoms with Gasteiger partial charge in [-0.3, -0.25) is 4.79 Å². The molecule has 0 spiro atoms. The molecule has 0 unspecified atom stereocenters. The highest BCUT2D eigenvalue weighted by atomic mass is 16.5. The molecule has 0 bridgehead atoms. The van der Waals surface area contributed by atoms with Crippen molar-refractivity contribution in [2.75, 3.05) is 20.8 Å². The van der Waals surface area contributed by atoms with E-state index in [1.807, 2.05) is 72.8 Å². The summed E-state index contributed by atoms with van der Waals surface area (Å²) in [6.07, 6.45) is 0.